The summed E-state index contributed by atoms with van der Waals surface area (Å²) in [5.74, 6) is 0.665. The molecule has 0 aromatic heterocycles. The molecule has 1 aliphatic rings. The second-order valence-corrected chi connectivity index (χ2v) is 10.1. The summed E-state index contributed by atoms with van der Waals surface area (Å²) >= 11 is 6.14. The summed E-state index contributed by atoms with van der Waals surface area (Å²) in [5, 5.41) is 2.93. The summed E-state index contributed by atoms with van der Waals surface area (Å²) < 4.78 is 42.6. The van der Waals surface area contributed by atoms with Crippen LogP contribution in [0.15, 0.2) is 41.3 Å². The van der Waals surface area contributed by atoms with E-state index in [4.69, 9.17) is 25.8 Å². The molecule has 0 aliphatic carbocycles. The Morgan fingerprint density at radius 3 is 2.66 bits per heavy atom. The molecule has 0 radical (unpaired) electrons. The first-order valence-corrected chi connectivity index (χ1v) is 12.0. The van der Waals surface area contributed by atoms with Crippen LogP contribution >= 0.6 is 11.6 Å². The second-order valence-electron chi connectivity index (χ2n) is 7.54. The van der Waals surface area contributed by atoms with Gasteiger partial charge in [0.2, 0.25) is 10.0 Å². The number of ether oxygens (including phenoxy) is 3. The van der Waals surface area contributed by atoms with Gasteiger partial charge >= 0.3 is 0 Å². The van der Waals surface area contributed by atoms with Gasteiger partial charge in [0.15, 0.2) is 11.5 Å². The third kappa shape index (κ3) is 5.72. The van der Waals surface area contributed by atoms with Crippen LogP contribution in [-0.4, -0.2) is 59.2 Å². The van der Waals surface area contributed by atoms with Gasteiger partial charge < -0.3 is 19.5 Å². The Labute approximate surface area is 193 Å². The average Bonchev–Trinajstić information content (AvgIpc) is 3.30. The molecule has 1 saturated heterocycles. The predicted octanol–water partition coefficient (Wildman–Crippen LogP) is 3.09. The normalized spacial score (nSPS) is 16.2. The van der Waals surface area contributed by atoms with E-state index in [0.717, 1.165) is 29.3 Å². The van der Waals surface area contributed by atoms with Gasteiger partial charge in [0, 0.05) is 27.2 Å². The highest BCUT2D eigenvalue weighted by molar-refractivity contribution is 7.89. The summed E-state index contributed by atoms with van der Waals surface area (Å²) in [7, 11) is 0.705. The molecule has 174 valence electrons. The molecule has 3 rings (SSSR count). The maximum Gasteiger partial charge on any atom is 0.253 e. The van der Waals surface area contributed by atoms with Gasteiger partial charge in [-0.15, -0.1) is 0 Å². The SMILES string of the molecule is COc1cc(CNC(=O)c2cc(S(=O)(=O)N(C)C)ccc2Cl)ccc1OCC1CCCO1. The number of nitrogens with one attached hydrogen (secondary N) is 1. The van der Waals surface area contributed by atoms with Crippen molar-refractivity contribution in [2.24, 2.45) is 0 Å². The number of carbonyl (C=O) groups is 1. The van der Waals surface area contributed by atoms with E-state index in [1.165, 1.54) is 32.3 Å². The van der Waals surface area contributed by atoms with Gasteiger partial charge in [0.05, 0.1) is 28.7 Å². The summed E-state index contributed by atoms with van der Waals surface area (Å²) in [5.41, 5.74) is 0.867. The lowest BCUT2D eigenvalue weighted by Crippen LogP contribution is -2.25. The Morgan fingerprint density at radius 1 is 1.22 bits per heavy atom. The van der Waals surface area contributed by atoms with Crippen molar-refractivity contribution >= 4 is 27.5 Å². The molecule has 2 aromatic rings. The monoisotopic (exact) mass is 482 g/mol. The van der Waals surface area contributed by atoms with Crippen molar-refractivity contribution in [1.82, 2.24) is 9.62 Å². The zero-order chi connectivity index (χ0) is 23.3. The van der Waals surface area contributed by atoms with Gasteiger partial charge in [-0.2, -0.15) is 0 Å². The zero-order valence-electron chi connectivity index (χ0n) is 18.3. The average molecular weight is 483 g/mol. The Bertz CT molecular complexity index is 1070. The number of benzene rings is 2. The lowest BCUT2D eigenvalue weighted by Gasteiger charge is -2.15. The van der Waals surface area contributed by atoms with Gasteiger partial charge in [0.1, 0.15) is 6.61 Å². The molecule has 1 heterocycles. The fourth-order valence-electron chi connectivity index (χ4n) is 3.23. The molecule has 1 fully saturated rings. The number of sulfonamides is 1. The first-order chi connectivity index (χ1) is 15.2. The maximum atomic E-state index is 12.7. The fraction of sp³-hybridized carbons (Fsp3) is 0.409. The topological polar surface area (TPSA) is 94.2 Å². The second kappa shape index (κ2) is 10.5. The number of carbonyl (C=O) groups excluding carboxylic acids is 1. The predicted molar refractivity (Wildman–Crippen MR) is 121 cm³/mol. The smallest absolute Gasteiger partial charge is 0.253 e. The third-order valence-electron chi connectivity index (χ3n) is 5.09. The van der Waals surface area contributed by atoms with E-state index >= 15 is 0 Å². The number of hydrogen-bond donors (Lipinski definition) is 1. The Kier molecular flexibility index (Phi) is 8.00. The Hall–Kier alpha value is -2.33. The van der Waals surface area contributed by atoms with Crippen molar-refractivity contribution in [3.8, 4) is 11.5 Å². The van der Waals surface area contributed by atoms with Gasteiger partial charge in [0.25, 0.3) is 5.91 Å². The molecule has 10 heteroatoms. The van der Waals surface area contributed by atoms with Gasteiger partial charge in [-0.05, 0) is 48.7 Å². The molecule has 2 aromatic carbocycles. The summed E-state index contributed by atoms with van der Waals surface area (Å²) in [6.07, 6.45) is 2.11. The Balaban J connectivity index is 1.68. The van der Waals surface area contributed by atoms with Crippen molar-refractivity contribution < 1.29 is 27.4 Å². The molecule has 1 N–H and O–H groups in total. The molecule has 1 atom stereocenters. The highest BCUT2D eigenvalue weighted by Gasteiger charge is 2.21. The van der Waals surface area contributed by atoms with E-state index in [9.17, 15) is 13.2 Å². The van der Waals surface area contributed by atoms with E-state index in [0.29, 0.717) is 18.1 Å². The minimum Gasteiger partial charge on any atom is -0.493 e. The van der Waals surface area contributed by atoms with E-state index in [1.54, 1.807) is 19.2 Å². The third-order valence-corrected chi connectivity index (χ3v) is 7.23. The number of rotatable bonds is 9. The number of methoxy groups -OCH3 is 1. The number of nitrogens with zero attached hydrogens (tertiary/aromatic N) is 1. The lowest BCUT2D eigenvalue weighted by molar-refractivity contribution is 0.0669. The maximum absolute atomic E-state index is 12.7. The number of hydrogen-bond acceptors (Lipinski definition) is 6. The molecule has 1 aliphatic heterocycles. The van der Waals surface area contributed by atoms with E-state index in [1.807, 2.05) is 6.07 Å². The van der Waals surface area contributed by atoms with E-state index in [2.05, 4.69) is 5.32 Å². The minimum atomic E-state index is -3.69. The summed E-state index contributed by atoms with van der Waals surface area (Å²) in [6.45, 7) is 1.41. The first-order valence-electron chi connectivity index (χ1n) is 10.1. The standard InChI is InChI=1S/C22H27ClN2O6S/c1-25(2)32(27,28)17-7-8-19(23)18(12-17)22(26)24-13-15-6-9-20(21(11-15)29-3)31-14-16-5-4-10-30-16/h6-9,11-12,16H,4-5,10,13-14H2,1-3H3,(H,24,26). The highest BCUT2D eigenvalue weighted by Crippen LogP contribution is 2.29. The van der Waals surface area contributed by atoms with Gasteiger partial charge in [-0.25, -0.2) is 12.7 Å². The molecule has 0 spiro atoms. The number of halogens is 1. The van der Waals surface area contributed by atoms with Crippen molar-refractivity contribution in [2.75, 3.05) is 34.4 Å². The largest absolute Gasteiger partial charge is 0.493 e. The van der Waals surface area contributed by atoms with Crippen molar-refractivity contribution in [2.45, 2.75) is 30.4 Å². The quantitative estimate of drug-likeness (QED) is 0.590. The molecule has 0 saturated carbocycles. The summed E-state index contributed by atoms with van der Waals surface area (Å²) in [4.78, 5) is 12.7. The van der Waals surface area contributed by atoms with Crippen molar-refractivity contribution in [3.63, 3.8) is 0 Å². The van der Waals surface area contributed by atoms with Crippen LogP contribution in [0.4, 0.5) is 0 Å². The van der Waals surface area contributed by atoms with Crippen LogP contribution in [0.3, 0.4) is 0 Å². The van der Waals surface area contributed by atoms with E-state index < -0.39 is 15.9 Å². The molecule has 8 nitrogen and oxygen atoms in total. The molecule has 1 unspecified atom stereocenters. The molecule has 1 amide bonds. The minimum absolute atomic E-state index is 0.00790. The van der Waals surface area contributed by atoms with Crippen LogP contribution < -0.4 is 14.8 Å². The van der Waals surface area contributed by atoms with Crippen LogP contribution in [0.1, 0.15) is 28.8 Å². The lowest BCUT2D eigenvalue weighted by atomic mass is 10.1. The fourth-order valence-corrected chi connectivity index (χ4v) is 4.36. The van der Waals surface area contributed by atoms with Crippen molar-refractivity contribution in [1.29, 1.82) is 0 Å². The van der Waals surface area contributed by atoms with Crippen LogP contribution in [0.5, 0.6) is 11.5 Å². The van der Waals surface area contributed by atoms with Crippen LogP contribution in [0.25, 0.3) is 0 Å². The number of amides is 1. The van der Waals surface area contributed by atoms with E-state index in [-0.39, 0.29) is 28.1 Å². The van der Waals surface area contributed by atoms with Gasteiger partial charge in [-0.3, -0.25) is 4.79 Å². The molecule has 32 heavy (non-hydrogen) atoms. The van der Waals surface area contributed by atoms with Crippen molar-refractivity contribution in [3.05, 3.63) is 52.5 Å². The van der Waals surface area contributed by atoms with Crippen LogP contribution in [0, 0.1) is 0 Å². The first kappa shape index (κ1) is 24.3. The highest BCUT2D eigenvalue weighted by atomic mass is 35.5. The molecule has 0 bridgehead atoms. The van der Waals surface area contributed by atoms with Crippen LogP contribution in [0.2, 0.25) is 5.02 Å². The summed E-state index contributed by atoms with van der Waals surface area (Å²) in [6, 6.07) is 9.43. The van der Waals surface area contributed by atoms with Gasteiger partial charge in [-0.1, -0.05) is 17.7 Å². The zero-order valence-corrected chi connectivity index (χ0v) is 19.8. The molecular formula is C22H27ClN2O6S. The van der Waals surface area contributed by atoms with Crippen LogP contribution in [-0.2, 0) is 21.3 Å². The molecular weight excluding hydrogens is 456 g/mol. The Morgan fingerprint density at radius 2 is 2.00 bits per heavy atom.